The number of alkyl halides is 3. The summed E-state index contributed by atoms with van der Waals surface area (Å²) in [7, 11) is -4.53. The SMILES string of the molecule is CCCCNC(=O)[C@H](Cc1ccccc1)N(Cc1ccc(C)cc1)C(=O)CN(c1cccc(C(F)(F)F)c1)S(=O)(=O)c1ccccc1. The second-order valence-corrected chi connectivity index (χ2v) is 13.1. The highest BCUT2D eigenvalue weighted by molar-refractivity contribution is 7.92. The molecule has 0 aliphatic rings. The van der Waals surface area contributed by atoms with Crippen LogP contribution < -0.4 is 9.62 Å². The monoisotopic (exact) mass is 665 g/mol. The van der Waals surface area contributed by atoms with Crippen molar-refractivity contribution in [3.63, 3.8) is 0 Å². The van der Waals surface area contributed by atoms with Gasteiger partial charge in [-0.15, -0.1) is 0 Å². The number of anilines is 1. The fourth-order valence-corrected chi connectivity index (χ4v) is 6.46. The van der Waals surface area contributed by atoms with Gasteiger partial charge in [-0.3, -0.25) is 13.9 Å². The molecule has 47 heavy (non-hydrogen) atoms. The number of carbonyl (C=O) groups is 2. The van der Waals surface area contributed by atoms with E-state index < -0.39 is 46.2 Å². The molecule has 0 saturated heterocycles. The smallest absolute Gasteiger partial charge is 0.354 e. The average molecular weight is 666 g/mol. The first kappa shape index (κ1) is 35.2. The predicted octanol–water partition coefficient (Wildman–Crippen LogP) is 6.77. The van der Waals surface area contributed by atoms with Gasteiger partial charge in [0.25, 0.3) is 10.0 Å². The van der Waals surface area contributed by atoms with E-state index in [0.717, 1.165) is 29.7 Å². The van der Waals surface area contributed by atoms with Crippen molar-refractivity contribution < 1.29 is 31.2 Å². The molecule has 7 nitrogen and oxygen atoms in total. The Labute approximate surface area is 274 Å². The first-order chi connectivity index (χ1) is 22.4. The molecule has 1 N–H and O–H groups in total. The zero-order chi connectivity index (χ0) is 34.0. The highest BCUT2D eigenvalue weighted by Gasteiger charge is 2.36. The molecule has 0 saturated carbocycles. The quantitative estimate of drug-likeness (QED) is 0.151. The number of sulfonamides is 1. The van der Waals surface area contributed by atoms with E-state index in [1.165, 1.54) is 35.2 Å². The van der Waals surface area contributed by atoms with E-state index in [0.29, 0.717) is 28.9 Å². The number of amides is 2. The van der Waals surface area contributed by atoms with Crippen LogP contribution in [-0.4, -0.2) is 44.3 Å². The lowest BCUT2D eigenvalue weighted by Gasteiger charge is -2.34. The van der Waals surface area contributed by atoms with Crippen LogP contribution in [0.5, 0.6) is 0 Å². The highest BCUT2D eigenvalue weighted by atomic mass is 32.2. The molecule has 1 atom stereocenters. The van der Waals surface area contributed by atoms with Gasteiger partial charge in [-0.1, -0.05) is 97.8 Å². The average Bonchev–Trinajstić information content (AvgIpc) is 3.06. The number of unbranched alkanes of at least 4 members (excludes halogenated alkanes) is 1. The predicted molar refractivity (Wildman–Crippen MR) is 176 cm³/mol. The maximum Gasteiger partial charge on any atom is 0.416 e. The van der Waals surface area contributed by atoms with Crippen LogP contribution in [0.4, 0.5) is 18.9 Å². The van der Waals surface area contributed by atoms with Gasteiger partial charge in [-0.25, -0.2) is 8.42 Å². The third-order valence-electron chi connectivity index (χ3n) is 7.65. The third kappa shape index (κ3) is 9.45. The minimum Gasteiger partial charge on any atom is -0.354 e. The van der Waals surface area contributed by atoms with Crippen LogP contribution in [0.1, 0.15) is 42.0 Å². The molecular formula is C36H38F3N3O4S. The second-order valence-electron chi connectivity index (χ2n) is 11.2. The Hall–Kier alpha value is -4.64. The number of halogens is 3. The maximum absolute atomic E-state index is 14.4. The van der Waals surface area contributed by atoms with Crippen molar-refractivity contribution in [1.29, 1.82) is 0 Å². The van der Waals surface area contributed by atoms with Crippen molar-refractivity contribution in [1.82, 2.24) is 10.2 Å². The lowest BCUT2D eigenvalue weighted by atomic mass is 10.0. The van der Waals surface area contributed by atoms with Crippen LogP contribution in [0.15, 0.2) is 114 Å². The van der Waals surface area contributed by atoms with Gasteiger partial charge in [0.15, 0.2) is 0 Å². The number of hydrogen-bond donors (Lipinski definition) is 1. The van der Waals surface area contributed by atoms with Gasteiger partial charge in [0, 0.05) is 19.5 Å². The standard InChI is InChI=1S/C36H38F3N3O4S/c1-3-4-22-40-35(44)33(23-28-12-7-5-8-13-28)41(25-29-20-18-27(2)19-21-29)34(43)26-42(47(45,46)32-16-9-6-10-17-32)31-15-11-14-30(24-31)36(37,38)39/h5-21,24,33H,3-4,22-23,25-26H2,1-2H3,(H,40,44)/t33-/m0/s1. The third-order valence-corrected chi connectivity index (χ3v) is 9.43. The van der Waals surface area contributed by atoms with E-state index in [2.05, 4.69) is 5.32 Å². The van der Waals surface area contributed by atoms with Gasteiger partial charge >= 0.3 is 6.18 Å². The summed E-state index contributed by atoms with van der Waals surface area (Å²) < 4.78 is 70.0. The Morgan fingerprint density at radius 2 is 1.47 bits per heavy atom. The van der Waals surface area contributed by atoms with E-state index in [1.807, 2.05) is 68.4 Å². The van der Waals surface area contributed by atoms with Crippen molar-refractivity contribution >= 4 is 27.5 Å². The fraction of sp³-hybridized carbons (Fsp3) is 0.278. The van der Waals surface area contributed by atoms with Crippen LogP contribution in [-0.2, 0) is 38.8 Å². The van der Waals surface area contributed by atoms with E-state index in [1.54, 1.807) is 6.07 Å². The summed E-state index contributed by atoms with van der Waals surface area (Å²) in [6.45, 7) is 3.38. The van der Waals surface area contributed by atoms with Crippen molar-refractivity contribution in [2.24, 2.45) is 0 Å². The molecule has 11 heteroatoms. The number of aryl methyl sites for hydroxylation is 1. The normalized spacial score (nSPS) is 12.3. The molecule has 0 aliphatic carbocycles. The first-order valence-corrected chi connectivity index (χ1v) is 16.8. The summed E-state index contributed by atoms with van der Waals surface area (Å²) in [5.74, 6) is -1.17. The summed E-state index contributed by atoms with van der Waals surface area (Å²) in [5, 5.41) is 2.91. The number of nitrogens with one attached hydrogen (secondary N) is 1. The molecule has 4 rings (SSSR count). The van der Waals surface area contributed by atoms with Crippen molar-refractivity contribution in [2.75, 3.05) is 17.4 Å². The minimum atomic E-state index is -4.75. The van der Waals surface area contributed by atoms with Gasteiger partial charge in [-0.05, 0) is 54.8 Å². The Bertz CT molecular complexity index is 1730. The minimum absolute atomic E-state index is 0.0420. The molecule has 0 spiro atoms. The van der Waals surface area contributed by atoms with Crippen molar-refractivity contribution in [3.8, 4) is 0 Å². The van der Waals surface area contributed by atoms with E-state index in [9.17, 15) is 31.2 Å². The zero-order valence-electron chi connectivity index (χ0n) is 26.3. The fourth-order valence-electron chi connectivity index (χ4n) is 5.04. The Morgan fingerprint density at radius 3 is 2.09 bits per heavy atom. The Morgan fingerprint density at radius 1 is 0.830 bits per heavy atom. The molecule has 0 aliphatic heterocycles. The molecule has 2 amide bonds. The molecular weight excluding hydrogens is 627 g/mol. The van der Waals surface area contributed by atoms with Crippen LogP contribution in [0.2, 0.25) is 0 Å². The summed E-state index contributed by atoms with van der Waals surface area (Å²) in [6.07, 6.45) is -3.07. The van der Waals surface area contributed by atoms with Crippen molar-refractivity contribution in [2.45, 2.75) is 56.8 Å². The largest absolute Gasteiger partial charge is 0.416 e. The van der Waals surface area contributed by atoms with Gasteiger partial charge in [0.2, 0.25) is 11.8 Å². The van der Waals surface area contributed by atoms with Gasteiger partial charge in [0.05, 0.1) is 16.1 Å². The van der Waals surface area contributed by atoms with Gasteiger partial charge < -0.3 is 10.2 Å². The van der Waals surface area contributed by atoms with Crippen LogP contribution in [0.3, 0.4) is 0 Å². The first-order valence-electron chi connectivity index (χ1n) is 15.3. The lowest BCUT2D eigenvalue weighted by molar-refractivity contribution is -0.140. The van der Waals surface area contributed by atoms with Crippen LogP contribution in [0.25, 0.3) is 0 Å². The van der Waals surface area contributed by atoms with Crippen molar-refractivity contribution in [3.05, 3.63) is 131 Å². The van der Waals surface area contributed by atoms with Crippen LogP contribution in [0, 0.1) is 6.92 Å². The van der Waals surface area contributed by atoms with E-state index >= 15 is 0 Å². The zero-order valence-corrected chi connectivity index (χ0v) is 27.1. The summed E-state index contributed by atoms with van der Waals surface area (Å²) in [5.41, 5.74) is 1.05. The molecule has 0 aromatic heterocycles. The topological polar surface area (TPSA) is 86.8 Å². The second kappa shape index (κ2) is 15.8. The molecule has 0 heterocycles. The van der Waals surface area contributed by atoms with E-state index in [4.69, 9.17) is 0 Å². The summed E-state index contributed by atoms with van der Waals surface area (Å²) in [6, 6.07) is 26.5. The lowest BCUT2D eigenvalue weighted by Crippen LogP contribution is -2.53. The number of nitrogens with zero attached hydrogens (tertiary/aromatic N) is 2. The van der Waals surface area contributed by atoms with Gasteiger partial charge in [-0.2, -0.15) is 13.2 Å². The molecule has 248 valence electrons. The van der Waals surface area contributed by atoms with Crippen LogP contribution >= 0.6 is 0 Å². The Kier molecular flexibility index (Phi) is 11.8. The highest BCUT2D eigenvalue weighted by Crippen LogP contribution is 2.33. The van der Waals surface area contributed by atoms with Gasteiger partial charge in [0.1, 0.15) is 12.6 Å². The molecule has 4 aromatic carbocycles. The molecule has 4 aromatic rings. The molecule has 0 bridgehead atoms. The summed E-state index contributed by atoms with van der Waals surface area (Å²) >= 11 is 0. The number of carbonyl (C=O) groups excluding carboxylic acids is 2. The molecule has 0 fully saturated rings. The number of hydrogen-bond acceptors (Lipinski definition) is 4. The number of rotatable bonds is 14. The Balaban J connectivity index is 1.82. The number of benzene rings is 4. The summed E-state index contributed by atoms with van der Waals surface area (Å²) in [4.78, 5) is 29.3. The molecule has 0 radical (unpaired) electrons. The maximum atomic E-state index is 14.4. The van der Waals surface area contributed by atoms with E-state index in [-0.39, 0.29) is 23.5 Å². The molecule has 0 unspecified atom stereocenters.